The standard InChI is InChI=1S/C14H28N2O2/c1-3-18-12-14(17)15-10-7-11-16(2)13-8-5-4-6-9-13/h13H,3-12H2,1-2H3,(H,15,17). The van der Waals surface area contributed by atoms with Crippen molar-refractivity contribution in [3.63, 3.8) is 0 Å². The van der Waals surface area contributed by atoms with Gasteiger partial charge in [0, 0.05) is 19.2 Å². The van der Waals surface area contributed by atoms with Crippen LogP contribution >= 0.6 is 0 Å². The molecule has 0 radical (unpaired) electrons. The van der Waals surface area contributed by atoms with Gasteiger partial charge in [-0.1, -0.05) is 19.3 Å². The summed E-state index contributed by atoms with van der Waals surface area (Å²) in [5, 5.41) is 2.89. The molecule has 0 atom stereocenters. The van der Waals surface area contributed by atoms with Crippen LogP contribution in [0.15, 0.2) is 0 Å². The lowest BCUT2D eigenvalue weighted by Crippen LogP contribution is -2.36. The van der Waals surface area contributed by atoms with Crippen LogP contribution in [-0.4, -0.2) is 50.2 Å². The zero-order valence-corrected chi connectivity index (χ0v) is 11.9. The molecule has 4 heteroatoms. The number of nitrogens with zero attached hydrogens (tertiary/aromatic N) is 1. The highest BCUT2D eigenvalue weighted by Crippen LogP contribution is 2.21. The molecule has 0 aliphatic heterocycles. The van der Waals surface area contributed by atoms with Crippen LogP contribution in [-0.2, 0) is 9.53 Å². The van der Waals surface area contributed by atoms with Gasteiger partial charge in [0.1, 0.15) is 6.61 Å². The van der Waals surface area contributed by atoms with Crippen LogP contribution in [0.4, 0.5) is 0 Å². The predicted octanol–water partition coefficient (Wildman–Crippen LogP) is 1.79. The minimum absolute atomic E-state index is 0.00262. The second-order valence-electron chi connectivity index (χ2n) is 5.11. The molecule has 1 N–H and O–H groups in total. The second kappa shape index (κ2) is 9.34. The Balaban J connectivity index is 2.01. The number of ether oxygens (including phenoxy) is 1. The molecular weight excluding hydrogens is 228 g/mol. The Morgan fingerprint density at radius 3 is 2.72 bits per heavy atom. The highest BCUT2D eigenvalue weighted by Gasteiger charge is 2.17. The fourth-order valence-corrected chi connectivity index (χ4v) is 2.51. The van der Waals surface area contributed by atoms with E-state index in [1.807, 2.05) is 6.92 Å². The van der Waals surface area contributed by atoms with Crippen molar-refractivity contribution >= 4 is 5.91 Å². The third-order valence-electron chi connectivity index (χ3n) is 3.65. The van der Waals surface area contributed by atoms with Crippen molar-refractivity contribution in [2.75, 3.05) is 33.4 Å². The third kappa shape index (κ3) is 6.36. The molecule has 0 aromatic carbocycles. The van der Waals surface area contributed by atoms with Crippen LogP contribution in [0.3, 0.4) is 0 Å². The van der Waals surface area contributed by atoms with Crippen molar-refractivity contribution in [2.24, 2.45) is 0 Å². The smallest absolute Gasteiger partial charge is 0.245 e. The van der Waals surface area contributed by atoms with Gasteiger partial charge in [0.25, 0.3) is 0 Å². The quantitative estimate of drug-likeness (QED) is 0.673. The number of hydrogen-bond donors (Lipinski definition) is 1. The molecule has 1 amide bonds. The summed E-state index contributed by atoms with van der Waals surface area (Å²) in [6, 6.07) is 0.762. The lowest BCUT2D eigenvalue weighted by atomic mass is 9.94. The molecule has 0 aromatic heterocycles. The highest BCUT2D eigenvalue weighted by atomic mass is 16.5. The van der Waals surface area contributed by atoms with Crippen molar-refractivity contribution < 1.29 is 9.53 Å². The van der Waals surface area contributed by atoms with E-state index in [4.69, 9.17) is 4.74 Å². The Hall–Kier alpha value is -0.610. The lowest BCUT2D eigenvalue weighted by Gasteiger charge is -2.31. The summed E-state index contributed by atoms with van der Waals surface area (Å²) in [5.41, 5.74) is 0. The van der Waals surface area contributed by atoms with Crippen LogP contribution < -0.4 is 5.32 Å². The maximum absolute atomic E-state index is 11.3. The Morgan fingerprint density at radius 2 is 2.06 bits per heavy atom. The lowest BCUT2D eigenvalue weighted by molar-refractivity contribution is -0.125. The molecule has 1 rings (SSSR count). The molecule has 0 spiro atoms. The van der Waals surface area contributed by atoms with Gasteiger partial charge >= 0.3 is 0 Å². The van der Waals surface area contributed by atoms with E-state index in [9.17, 15) is 4.79 Å². The molecule has 4 nitrogen and oxygen atoms in total. The molecule has 0 bridgehead atoms. The van der Waals surface area contributed by atoms with Crippen LogP contribution in [0, 0.1) is 0 Å². The minimum Gasteiger partial charge on any atom is -0.372 e. The molecule has 0 unspecified atom stereocenters. The maximum atomic E-state index is 11.3. The fraction of sp³-hybridized carbons (Fsp3) is 0.929. The number of hydrogen-bond acceptors (Lipinski definition) is 3. The Kier molecular flexibility index (Phi) is 8.01. The van der Waals surface area contributed by atoms with Gasteiger partial charge in [0.2, 0.25) is 5.91 Å². The molecule has 18 heavy (non-hydrogen) atoms. The average molecular weight is 256 g/mol. The average Bonchev–Trinajstić information content (AvgIpc) is 2.42. The van der Waals surface area contributed by atoms with Crippen LogP contribution in [0.2, 0.25) is 0 Å². The zero-order valence-electron chi connectivity index (χ0n) is 11.9. The van der Waals surface area contributed by atoms with Crippen molar-refractivity contribution in [2.45, 2.75) is 51.5 Å². The van der Waals surface area contributed by atoms with Gasteiger partial charge in [-0.05, 0) is 39.8 Å². The van der Waals surface area contributed by atoms with Crippen molar-refractivity contribution in [1.82, 2.24) is 10.2 Å². The van der Waals surface area contributed by atoms with E-state index in [2.05, 4.69) is 17.3 Å². The molecule has 1 aliphatic carbocycles. The van der Waals surface area contributed by atoms with Crippen LogP contribution in [0.1, 0.15) is 45.4 Å². The van der Waals surface area contributed by atoms with Crippen molar-refractivity contribution in [3.05, 3.63) is 0 Å². The fourth-order valence-electron chi connectivity index (χ4n) is 2.51. The van der Waals surface area contributed by atoms with E-state index in [1.165, 1.54) is 32.1 Å². The second-order valence-corrected chi connectivity index (χ2v) is 5.11. The maximum Gasteiger partial charge on any atom is 0.245 e. The van der Waals surface area contributed by atoms with Crippen molar-refractivity contribution in [3.8, 4) is 0 Å². The van der Waals surface area contributed by atoms with E-state index in [0.29, 0.717) is 6.61 Å². The third-order valence-corrected chi connectivity index (χ3v) is 3.65. The Labute approximate surface area is 111 Å². The molecule has 0 saturated heterocycles. The number of amides is 1. The summed E-state index contributed by atoms with van der Waals surface area (Å²) in [4.78, 5) is 13.8. The monoisotopic (exact) mass is 256 g/mol. The molecule has 0 heterocycles. The first-order valence-corrected chi connectivity index (χ1v) is 7.28. The molecule has 0 aromatic rings. The summed E-state index contributed by atoms with van der Waals surface area (Å²) in [6.07, 6.45) is 7.85. The van der Waals surface area contributed by atoms with E-state index < -0.39 is 0 Å². The van der Waals surface area contributed by atoms with Crippen LogP contribution in [0.5, 0.6) is 0 Å². The van der Waals surface area contributed by atoms with Gasteiger partial charge in [0.15, 0.2) is 0 Å². The van der Waals surface area contributed by atoms with Gasteiger partial charge in [-0.15, -0.1) is 0 Å². The van der Waals surface area contributed by atoms with Gasteiger partial charge in [-0.25, -0.2) is 0 Å². The summed E-state index contributed by atoms with van der Waals surface area (Å²) in [5.74, 6) is -0.00262. The first-order valence-electron chi connectivity index (χ1n) is 7.28. The molecular formula is C14H28N2O2. The zero-order chi connectivity index (χ0) is 13.2. The number of carbonyl (C=O) groups is 1. The molecule has 1 fully saturated rings. The summed E-state index contributed by atoms with van der Waals surface area (Å²) in [6.45, 7) is 4.50. The molecule has 1 saturated carbocycles. The molecule has 106 valence electrons. The SMILES string of the molecule is CCOCC(=O)NCCCN(C)C1CCCCC1. The normalized spacial score (nSPS) is 17.1. The summed E-state index contributed by atoms with van der Waals surface area (Å²) < 4.78 is 5.05. The number of nitrogens with one attached hydrogen (secondary N) is 1. The molecule has 1 aliphatic rings. The van der Waals surface area contributed by atoms with Gasteiger partial charge in [-0.2, -0.15) is 0 Å². The van der Waals surface area contributed by atoms with Crippen LogP contribution in [0.25, 0.3) is 0 Å². The minimum atomic E-state index is -0.00262. The van der Waals surface area contributed by atoms with Gasteiger partial charge < -0.3 is 15.0 Å². The first-order chi connectivity index (χ1) is 8.74. The Morgan fingerprint density at radius 1 is 1.33 bits per heavy atom. The van der Waals surface area contributed by atoms with Gasteiger partial charge in [-0.3, -0.25) is 4.79 Å². The van der Waals surface area contributed by atoms with Gasteiger partial charge in [0.05, 0.1) is 0 Å². The topological polar surface area (TPSA) is 41.6 Å². The summed E-state index contributed by atoms with van der Waals surface area (Å²) in [7, 11) is 2.21. The number of rotatable bonds is 8. The van der Waals surface area contributed by atoms with E-state index in [-0.39, 0.29) is 12.5 Å². The summed E-state index contributed by atoms with van der Waals surface area (Å²) >= 11 is 0. The van der Waals surface area contributed by atoms with Crippen molar-refractivity contribution in [1.29, 1.82) is 0 Å². The highest BCUT2D eigenvalue weighted by molar-refractivity contribution is 5.77. The van der Waals surface area contributed by atoms with E-state index >= 15 is 0 Å². The predicted molar refractivity (Wildman–Crippen MR) is 73.6 cm³/mol. The largest absolute Gasteiger partial charge is 0.372 e. The Bertz CT molecular complexity index is 228. The number of carbonyl (C=O) groups excluding carboxylic acids is 1. The first kappa shape index (κ1) is 15.4. The van der Waals surface area contributed by atoms with E-state index in [0.717, 1.165) is 25.6 Å². The van der Waals surface area contributed by atoms with E-state index in [1.54, 1.807) is 0 Å².